The number of likely N-dealkylation sites (N-methyl/N-ethyl adjacent to an activating group) is 1. The van der Waals surface area contributed by atoms with Crippen LogP contribution in [0.4, 0.5) is 0 Å². The predicted molar refractivity (Wildman–Crippen MR) is 95.3 cm³/mol. The van der Waals surface area contributed by atoms with Crippen LogP contribution in [0, 0.1) is 5.92 Å². The van der Waals surface area contributed by atoms with Crippen LogP contribution in [0.5, 0.6) is 0 Å². The van der Waals surface area contributed by atoms with Gasteiger partial charge in [-0.15, -0.1) is 0 Å². The molecule has 0 heterocycles. The van der Waals surface area contributed by atoms with Gasteiger partial charge in [0.05, 0.1) is 0 Å². The van der Waals surface area contributed by atoms with E-state index >= 15 is 0 Å². The van der Waals surface area contributed by atoms with E-state index in [1.165, 1.54) is 11.9 Å². The van der Waals surface area contributed by atoms with Crippen LogP contribution in [0.25, 0.3) is 0 Å². The lowest BCUT2D eigenvalue weighted by molar-refractivity contribution is -0.150. The Kier molecular flexibility index (Phi) is 11.0. The molecule has 0 spiro atoms. The highest BCUT2D eigenvalue weighted by atomic mass is 32.2. The van der Waals surface area contributed by atoms with Crippen molar-refractivity contribution >= 4 is 41.0 Å². The molecule has 0 aromatic carbocycles. The second-order valence-corrected chi connectivity index (χ2v) is 6.70. The number of nitrogens with zero attached hydrogens (tertiary/aromatic N) is 1. The van der Waals surface area contributed by atoms with Crippen LogP contribution in [-0.2, 0) is 9.59 Å². The molecule has 8 heteroatoms. The van der Waals surface area contributed by atoms with E-state index in [4.69, 9.17) is 12.2 Å². The number of thioether (sulfide) groups is 1. The second-order valence-electron chi connectivity index (χ2n) is 5.31. The van der Waals surface area contributed by atoms with E-state index in [2.05, 4.69) is 16.9 Å². The lowest BCUT2D eigenvalue weighted by Crippen LogP contribution is -2.46. The fourth-order valence-electron chi connectivity index (χ4n) is 1.99. The van der Waals surface area contributed by atoms with Crippen LogP contribution < -0.4 is 10.6 Å². The molecule has 0 aliphatic heterocycles. The van der Waals surface area contributed by atoms with Gasteiger partial charge in [0.15, 0.2) is 5.11 Å². The lowest BCUT2D eigenvalue weighted by atomic mass is 10.0. The lowest BCUT2D eigenvalue weighted by Gasteiger charge is -2.27. The minimum absolute atomic E-state index is 0.140. The smallest absolute Gasteiger partial charge is 0.326 e. The van der Waals surface area contributed by atoms with Crippen molar-refractivity contribution in [3.63, 3.8) is 0 Å². The Labute approximate surface area is 142 Å². The fourth-order valence-corrected chi connectivity index (χ4v) is 2.63. The highest BCUT2D eigenvalue weighted by molar-refractivity contribution is 7.98. The molecule has 0 aromatic rings. The van der Waals surface area contributed by atoms with Gasteiger partial charge in [-0.3, -0.25) is 4.79 Å². The van der Waals surface area contributed by atoms with Gasteiger partial charge in [0, 0.05) is 26.6 Å². The molecule has 0 aliphatic carbocycles. The van der Waals surface area contributed by atoms with E-state index in [1.54, 1.807) is 25.6 Å². The third-order valence-electron chi connectivity index (χ3n) is 3.13. The first-order chi connectivity index (χ1) is 10.3. The molecule has 0 aromatic heterocycles. The summed E-state index contributed by atoms with van der Waals surface area (Å²) in [4.78, 5) is 24.5. The number of carbonyl (C=O) groups excluding carboxylic acids is 1. The highest BCUT2D eigenvalue weighted by Gasteiger charge is 2.28. The Morgan fingerprint density at radius 1 is 1.27 bits per heavy atom. The topological polar surface area (TPSA) is 81.7 Å². The molecular formula is C14H27N3O3S2. The molecule has 1 unspecified atom stereocenters. The Morgan fingerprint density at radius 3 is 2.36 bits per heavy atom. The maximum Gasteiger partial charge on any atom is 0.326 e. The molecular weight excluding hydrogens is 322 g/mol. The SMILES string of the molecule is CSCCCNC(=S)NCCC(=O)N(C)C(C(=O)O)C(C)C. The summed E-state index contributed by atoms with van der Waals surface area (Å²) in [5.74, 6) is -0.257. The van der Waals surface area contributed by atoms with E-state index in [9.17, 15) is 14.7 Å². The summed E-state index contributed by atoms with van der Waals surface area (Å²) in [6.07, 6.45) is 3.29. The Bertz CT molecular complexity index is 378. The molecule has 0 saturated heterocycles. The number of hydrogen-bond donors (Lipinski definition) is 3. The largest absolute Gasteiger partial charge is 0.480 e. The molecule has 0 fully saturated rings. The number of carbonyl (C=O) groups is 2. The predicted octanol–water partition coefficient (Wildman–Crippen LogP) is 1.16. The Hall–Kier alpha value is -1.02. The monoisotopic (exact) mass is 349 g/mol. The van der Waals surface area contributed by atoms with Gasteiger partial charge in [0.25, 0.3) is 0 Å². The van der Waals surface area contributed by atoms with Crippen LogP contribution in [0.2, 0.25) is 0 Å². The quantitative estimate of drug-likeness (QED) is 0.403. The molecule has 22 heavy (non-hydrogen) atoms. The van der Waals surface area contributed by atoms with Crippen molar-refractivity contribution in [1.29, 1.82) is 0 Å². The van der Waals surface area contributed by atoms with E-state index in [0.717, 1.165) is 18.7 Å². The number of rotatable bonds is 10. The number of thiocarbonyl (C=S) groups is 1. The maximum atomic E-state index is 12.0. The van der Waals surface area contributed by atoms with Crippen LogP contribution in [-0.4, -0.2) is 65.2 Å². The zero-order valence-corrected chi connectivity index (χ0v) is 15.4. The van der Waals surface area contributed by atoms with Gasteiger partial charge >= 0.3 is 5.97 Å². The third kappa shape index (κ3) is 8.43. The molecule has 0 aliphatic rings. The van der Waals surface area contributed by atoms with Crippen molar-refractivity contribution in [1.82, 2.24) is 15.5 Å². The first kappa shape index (κ1) is 21.0. The summed E-state index contributed by atoms with van der Waals surface area (Å²) in [7, 11) is 1.53. The van der Waals surface area contributed by atoms with Gasteiger partial charge in [-0.1, -0.05) is 13.8 Å². The third-order valence-corrected chi connectivity index (χ3v) is 4.12. The van der Waals surface area contributed by atoms with E-state index in [1.807, 2.05) is 0 Å². The van der Waals surface area contributed by atoms with Crippen LogP contribution in [0.1, 0.15) is 26.7 Å². The zero-order valence-electron chi connectivity index (χ0n) is 13.7. The van der Waals surface area contributed by atoms with Crippen molar-refractivity contribution in [2.45, 2.75) is 32.7 Å². The van der Waals surface area contributed by atoms with E-state index < -0.39 is 12.0 Å². The molecule has 0 saturated carbocycles. The molecule has 6 nitrogen and oxygen atoms in total. The summed E-state index contributed by atoms with van der Waals surface area (Å²) >= 11 is 6.89. The normalized spacial score (nSPS) is 11.9. The number of carboxylic acids is 1. The summed E-state index contributed by atoms with van der Waals surface area (Å²) in [6, 6.07) is -0.802. The van der Waals surface area contributed by atoms with E-state index in [-0.39, 0.29) is 18.2 Å². The van der Waals surface area contributed by atoms with Crippen molar-refractivity contribution in [2.24, 2.45) is 5.92 Å². The zero-order chi connectivity index (χ0) is 17.1. The average molecular weight is 350 g/mol. The second kappa shape index (κ2) is 11.5. The van der Waals surface area contributed by atoms with Gasteiger partial charge in [-0.2, -0.15) is 11.8 Å². The Balaban J connectivity index is 4.07. The molecule has 128 valence electrons. The summed E-state index contributed by atoms with van der Waals surface area (Å²) < 4.78 is 0. The maximum absolute atomic E-state index is 12.0. The standard InChI is InChI=1S/C14H27N3O3S2/c1-10(2)12(13(19)20)17(3)11(18)6-8-16-14(21)15-7-5-9-22-4/h10,12H,5-9H2,1-4H3,(H,19,20)(H2,15,16,21). The average Bonchev–Trinajstić information content (AvgIpc) is 2.42. The number of amides is 1. The molecule has 0 bridgehead atoms. The first-order valence-electron chi connectivity index (χ1n) is 7.30. The molecule has 0 rings (SSSR count). The van der Waals surface area contributed by atoms with Crippen LogP contribution in [0.15, 0.2) is 0 Å². The van der Waals surface area contributed by atoms with Crippen molar-refractivity contribution in [3.05, 3.63) is 0 Å². The number of aliphatic carboxylic acids is 1. The van der Waals surface area contributed by atoms with Gasteiger partial charge in [0.2, 0.25) is 5.91 Å². The van der Waals surface area contributed by atoms with Crippen molar-refractivity contribution in [2.75, 3.05) is 32.1 Å². The van der Waals surface area contributed by atoms with Gasteiger partial charge < -0.3 is 20.6 Å². The number of carboxylic acid groups (broad SMARTS) is 1. The summed E-state index contributed by atoms with van der Waals surface area (Å²) in [5, 5.41) is 15.7. The molecule has 1 atom stereocenters. The fraction of sp³-hybridized carbons (Fsp3) is 0.786. The first-order valence-corrected chi connectivity index (χ1v) is 9.10. The summed E-state index contributed by atoms with van der Waals surface area (Å²) in [6.45, 7) is 4.76. The van der Waals surface area contributed by atoms with Crippen molar-refractivity contribution in [3.8, 4) is 0 Å². The molecule has 1 amide bonds. The van der Waals surface area contributed by atoms with E-state index in [0.29, 0.717) is 11.7 Å². The van der Waals surface area contributed by atoms with Crippen molar-refractivity contribution < 1.29 is 14.7 Å². The van der Waals surface area contributed by atoms with Gasteiger partial charge in [0.1, 0.15) is 6.04 Å². The Morgan fingerprint density at radius 2 is 1.86 bits per heavy atom. The van der Waals surface area contributed by atoms with Crippen LogP contribution >= 0.6 is 24.0 Å². The minimum Gasteiger partial charge on any atom is -0.480 e. The van der Waals surface area contributed by atoms with Gasteiger partial charge in [-0.25, -0.2) is 4.79 Å². The number of nitrogens with one attached hydrogen (secondary N) is 2. The minimum atomic E-state index is -0.982. The highest BCUT2D eigenvalue weighted by Crippen LogP contribution is 2.10. The summed E-state index contributed by atoms with van der Waals surface area (Å²) in [5.41, 5.74) is 0. The number of hydrogen-bond acceptors (Lipinski definition) is 4. The molecule has 0 radical (unpaired) electrons. The molecule has 3 N–H and O–H groups in total. The van der Waals surface area contributed by atoms with Gasteiger partial charge in [-0.05, 0) is 36.6 Å². The van der Waals surface area contributed by atoms with Crippen LogP contribution in [0.3, 0.4) is 0 Å².